The van der Waals surface area contributed by atoms with Crippen LogP contribution in [0.15, 0.2) is 59.4 Å². The largest absolute Gasteiger partial charge is 0.492 e. The zero-order valence-corrected chi connectivity index (χ0v) is 22.2. The molecule has 11 heteroatoms. The Kier molecular flexibility index (Phi) is 13.6. The summed E-state index contributed by atoms with van der Waals surface area (Å²) in [5.74, 6) is 1.62. The first kappa shape index (κ1) is 31.5. The number of para-hydroxylation sites is 1. The summed E-state index contributed by atoms with van der Waals surface area (Å²) in [7, 11) is 0. The summed E-state index contributed by atoms with van der Waals surface area (Å²) in [6.45, 7) is 8.54. The molecule has 0 aliphatic carbocycles. The molecule has 3 aromatic rings. The van der Waals surface area contributed by atoms with Gasteiger partial charge < -0.3 is 20.6 Å². The topological polar surface area (TPSA) is 119 Å². The molecule has 9 nitrogen and oxygen atoms in total. The fourth-order valence-electron chi connectivity index (χ4n) is 4.24. The van der Waals surface area contributed by atoms with Crippen molar-refractivity contribution in [1.29, 1.82) is 0 Å². The number of hydrogen-bond acceptors (Lipinski definition) is 5. The predicted molar refractivity (Wildman–Crippen MR) is 147 cm³/mol. The number of rotatable bonds is 10. The van der Waals surface area contributed by atoms with E-state index in [1.165, 1.54) is 5.69 Å². The summed E-state index contributed by atoms with van der Waals surface area (Å²) in [5.41, 5.74) is 1.14. The van der Waals surface area contributed by atoms with Gasteiger partial charge >= 0.3 is 5.69 Å². The van der Waals surface area contributed by atoms with E-state index in [0.29, 0.717) is 19.7 Å². The molecule has 0 amide bonds. The van der Waals surface area contributed by atoms with Crippen LogP contribution in [-0.4, -0.2) is 69.5 Å². The van der Waals surface area contributed by atoms with Gasteiger partial charge in [0.05, 0.1) is 6.54 Å². The number of halogens is 2. The number of hydrogen-bond donors (Lipinski definition) is 0. The minimum Gasteiger partial charge on any atom is -0.492 e. The average molecular weight is 543 g/mol. The highest BCUT2D eigenvalue weighted by Crippen LogP contribution is 2.20. The SMILES string of the molecule is CCc1nn(CCCN2CCN(c3cccc(Cl)c3)CC2)c(=O)n1CCOc1ccccc1.Cl.O.O. The maximum atomic E-state index is 12.9. The van der Waals surface area contributed by atoms with Crippen LogP contribution in [0.25, 0.3) is 0 Å². The third-order valence-electron chi connectivity index (χ3n) is 6.03. The summed E-state index contributed by atoms with van der Waals surface area (Å²) in [5, 5.41) is 5.34. The zero-order valence-electron chi connectivity index (χ0n) is 20.6. The van der Waals surface area contributed by atoms with E-state index < -0.39 is 0 Å². The van der Waals surface area contributed by atoms with Crippen molar-refractivity contribution < 1.29 is 15.7 Å². The van der Waals surface area contributed by atoms with Gasteiger partial charge in [0.15, 0.2) is 0 Å². The van der Waals surface area contributed by atoms with Crippen LogP contribution in [0.4, 0.5) is 5.69 Å². The molecule has 0 atom stereocenters. The normalized spacial score (nSPS) is 13.3. The number of nitrogens with zero attached hydrogens (tertiary/aromatic N) is 5. The standard InChI is InChI=1S/C25H32ClN5O2.ClH.2H2O/c1-2-24-27-31(25(32)30(24)18-19-33-23-10-4-3-5-11-23)13-7-12-28-14-16-29(17-15-28)22-9-6-8-21(26)20-22;;;/h3-6,8-11,20H,2,7,12-19H2,1H3;1H;2*1H2. The summed E-state index contributed by atoms with van der Waals surface area (Å²) in [6.07, 6.45) is 1.62. The number of aryl methyl sites for hydroxylation is 2. The van der Waals surface area contributed by atoms with Gasteiger partial charge in [-0.25, -0.2) is 9.48 Å². The lowest BCUT2D eigenvalue weighted by molar-refractivity contribution is 0.248. The molecule has 0 saturated carbocycles. The molecule has 1 fully saturated rings. The summed E-state index contributed by atoms with van der Waals surface area (Å²) in [6, 6.07) is 17.7. The van der Waals surface area contributed by atoms with Gasteiger partial charge in [-0.3, -0.25) is 9.47 Å². The average Bonchev–Trinajstić information content (AvgIpc) is 3.15. The summed E-state index contributed by atoms with van der Waals surface area (Å²) < 4.78 is 9.12. The minimum atomic E-state index is -0.0470. The molecule has 1 aliphatic rings. The van der Waals surface area contributed by atoms with E-state index in [2.05, 4.69) is 21.0 Å². The Hall–Kier alpha value is -2.56. The monoisotopic (exact) mass is 541 g/mol. The van der Waals surface area contributed by atoms with E-state index in [0.717, 1.165) is 62.2 Å². The van der Waals surface area contributed by atoms with Crippen molar-refractivity contribution in [2.75, 3.05) is 44.2 Å². The molecule has 2 heterocycles. The van der Waals surface area contributed by atoms with Crippen molar-refractivity contribution in [3.8, 4) is 5.75 Å². The molecule has 0 spiro atoms. The fourth-order valence-corrected chi connectivity index (χ4v) is 4.42. The van der Waals surface area contributed by atoms with E-state index in [4.69, 9.17) is 16.3 Å². The van der Waals surface area contributed by atoms with Crippen molar-refractivity contribution in [3.63, 3.8) is 0 Å². The van der Waals surface area contributed by atoms with Crippen LogP contribution in [0.5, 0.6) is 5.75 Å². The molecule has 1 saturated heterocycles. The first-order chi connectivity index (χ1) is 16.1. The van der Waals surface area contributed by atoms with Gasteiger partial charge in [-0.05, 0) is 36.8 Å². The molecule has 0 unspecified atom stereocenters. The van der Waals surface area contributed by atoms with Crippen LogP contribution >= 0.6 is 24.0 Å². The van der Waals surface area contributed by atoms with Gasteiger partial charge in [-0.2, -0.15) is 5.10 Å². The molecule has 4 N–H and O–H groups in total. The second-order valence-electron chi connectivity index (χ2n) is 8.25. The molecule has 1 aromatic heterocycles. The number of piperazine rings is 1. The van der Waals surface area contributed by atoms with Crippen molar-refractivity contribution in [3.05, 3.63) is 75.9 Å². The molecule has 0 bridgehead atoms. The number of benzene rings is 2. The van der Waals surface area contributed by atoms with Crippen LogP contribution < -0.4 is 15.3 Å². The van der Waals surface area contributed by atoms with Crippen LogP contribution in [0.2, 0.25) is 5.02 Å². The second kappa shape index (κ2) is 15.5. The van der Waals surface area contributed by atoms with Crippen molar-refractivity contribution >= 4 is 29.7 Å². The Balaban J connectivity index is 0.00000216. The van der Waals surface area contributed by atoms with E-state index >= 15 is 0 Å². The Morgan fingerprint density at radius 1 is 0.944 bits per heavy atom. The highest BCUT2D eigenvalue weighted by Gasteiger charge is 2.18. The number of aromatic nitrogens is 3. The van der Waals surface area contributed by atoms with Crippen LogP contribution in [-0.2, 0) is 19.5 Å². The Morgan fingerprint density at radius 2 is 1.67 bits per heavy atom. The molecule has 2 aromatic carbocycles. The maximum Gasteiger partial charge on any atom is 0.346 e. The molecular weight excluding hydrogens is 505 g/mol. The lowest BCUT2D eigenvalue weighted by Gasteiger charge is -2.36. The Labute approximate surface area is 223 Å². The number of ether oxygens (including phenoxy) is 1. The number of anilines is 1. The molecule has 36 heavy (non-hydrogen) atoms. The molecule has 0 radical (unpaired) electrons. The lowest BCUT2D eigenvalue weighted by Crippen LogP contribution is -2.46. The van der Waals surface area contributed by atoms with Crippen LogP contribution in [0, 0.1) is 0 Å². The molecule has 4 rings (SSSR count). The third kappa shape index (κ3) is 8.25. The summed E-state index contributed by atoms with van der Waals surface area (Å²) >= 11 is 6.13. The summed E-state index contributed by atoms with van der Waals surface area (Å²) in [4.78, 5) is 17.7. The first-order valence-electron chi connectivity index (χ1n) is 11.7. The van der Waals surface area contributed by atoms with E-state index in [1.54, 1.807) is 9.25 Å². The van der Waals surface area contributed by atoms with Crippen molar-refractivity contribution in [2.24, 2.45) is 0 Å². The quantitative estimate of drug-likeness (QED) is 0.390. The lowest BCUT2D eigenvalue weighted by atomic mass is 10.2. The smallest absolute Gasteiger partial charge is 0.346 e. The van der Waals surface area contributed by atoms with Gasteiger partial charge in [0, 0.05) is 56.4 Å². The Morgan fingerprint density at radius 3 is 2.33 bits per heavy atom. The van der Waals surface area contributed by atoms with E-state index in [-0.39, 0.29) is 29.0 Å². The molecule has 200 valence electrons. The van der Waals surface area contributed by atoms with E-state index in [1.807, 2.05) is 55.5 Å². The highest BCUT2D eigenvalue weighted by atomic mass is 35.5. The van der Waals surface area contributed by atoms with Gasteiger partial charge in [0.1, 0.15) is 18.2 Å². The van der Waals surface area contributed by atoms with Gasteiger partial charge in [-0.15, -0.1) is 12.4 Å². The van der Waals surface area contributed by atoms with Crippen molar-refractivity contribution in [1.82, 2.24) is 19.2 Å². The van der Waals surface area contributed by atoms with Crippen LogP contribution in [0.3, 0.4) is 0 Å². The van der Waals surface area contributed by atoms with Gasteiger partial charge in [0.25, 0.3) is 0 Å². The van der Waals surface area contributed by atoms with Gasteiger partial charge in [0.2, 0.25) is 0 Å². The van der Waals surface area contributed by atoms with E-state index in [9.17, 15) is 4.79 Å². The second-order valence-corrected chi connectivity index (χ2v) is 8.69. The van der Waals surface area contributed by atoms with Crippen molar-refractivity contribution in [2.45, 2.75) is 32.9 Å². The zero-order chi connectivity index (χ0) is 23.0. The highest BCUT2D eigenvalue weighted by molar-refractivity contribution is 6.30. The Bertz CT molecular complexity index is 1090. The van der Waals surface area contributed by atoms with Gasteiger partial charge in [-0.1, -0.05) is 42.8 Å². The fraction of sp³-hybridized carbons (Fsp3) is 0.440. The third-order valence-corrected chi connectivity index (χ3v) is 6.27. The predicted octanol–water partition coefficient (Wildman–Crippen LogP) is 2.32. The van der Waals surface area contributed by atoms with Crippen LogP contribution in [0.1, 0.15) is 19.2 Å². The molecule has 1 aliphatic heterocycles. The molecular formula is C25H37Cl2N5O4. The first-order valence-corrected chi connectivity index (χ1v) is 12.1. The maximum absolute atomic E-state index is 12.9. The minimum absolute atomic E-state index is 0.